The lowest BCUT2D eigenvalue weighted by Crippen LogP contribution is -2.14. The van der Waals surface area contributed by atoms with Gasteiger partial charge in [-0.05, 0) is 56.0 Å². The predicted molar refractivity (Wildman–Crippen MR) is 107 cm³/mol. The lowest BCUT2D eigenvalue weighted by molar-refractivity contribution is 0.355. The van der Waals surface area contributed by atoms with E-state index in [9.17, 15) is 4.39 Å². The van der Waals surface area contributed by atoms with E-state index in [1.54, 1.807) is 18.3 Å². The zero-order chi connectivity index (χ0) is 18.9. The molecule has 0 aliphatic heterocycles. The standard InChI is InChI=1S/C22H24FN5/c23-16-8-6-15(7-9-16)20-21(28(14-25-20)18-4-2-1-3-5-18)19-12-13-24-22(27-19)26-17-10-11-17/h6-9,12-14,17-18H,1-5,10-11H2,(H,24,26,27). The van der Waals surface area contributed by atoms with Crippen LogP contribution in [0.5, 0.6) is 0 Å². The van der Waals surface area contributed by atoms with Gasteiger partial charge in [-0.3, -0.25) is 0 Å². The Morgan fingerprint density at radius 3 is 2.46 bits per heavy atom. The maximum atomic E-state index is 13.4. The van der Waals surface area contributed by atoms with E-state index in [1.165, 1.54) is 44.2 Å². The third-order valence-corrected chi connectivity index (χ3v) is 5.69. The molecule has 0 radical (unpaired) electrons. The van der Waals surface area contributed by atoms with Crippen LogP contribution in [0.4, 0.5) is 10.3 Å². The normalized spacial score (nSPS) is 17.6. The summed E-state index contributed by atoms with van der Waals surface area (Å²) in [6.07, 6.45) is 12.2. The predicted octanol–water partition coefficient (Wildman–Crippen LogP) is 5.23. The first-order chi connectivity index (χ1) is 13.8. The van der Waals surface area contributed by atoms with Gasteiger partial charge in [-0.2, -0.15) is 0 Å². The van der Waals surface area contributed by atoms with Crippen molar-refractivity contribution in [2.24, 2.45) is 0 Å². The van der Waals surface area contributed by atoms with Gasteiger partial charge in [0.2, 0.25) is 5.95 Å². The van der Waals surface area contributed by atoms with Gasteiger partial charge >= 0.3 is 0 Å². The second-order valence-electron chi connectivity index (χ2n) is 7.83. The van der Waals surface area contributed by atoms with Crippen LogP contribution in [0.3, 0.4) is 0 Å². The highest BCUT2D eigenvalue weighted by Gasteiger charge is 2.25. The molecular formula is C22H24FN5. The van der Waals surface area contributed by atoms with E-state index < -0.39 is 0 Å². The average molecular weight is 377 g/mol. The van der Waals surface area contributed by atoms with Crippen LogP contribution in [-0.2, 0) is 0 Å². The first-order valence-corrected chi connectivity index (χ1v) is 10.2. The van der Waals surface area contributed by atoms with Gasteiger partial charge in [-0.1, -0.05) is 19.3 Å². The Morgan fingerprint density at radius 1 is 0.929 bits per heavy atom. The molecule has 144 valence electrons. The molecule has 0 saturated heterocycles. The average Bonchev–Trinajstić information content (AvgIpc) is 3.43. The Hall–Kier alpha value is -2.76. The van der Waals surface area contributed by atoms with E-state index in [0.29, 0.717) is 18.0 Å². The van der Waals surface area contributed by atoms with Gasteiger partial charge in [0.05, 0.1) is 23.4 Å². The smallest absolute Gasteiger partial charge is 0.223 e. The van der Waals surface area contributed by atoms with Gasteiger partial charge in [0.25, 0.3) is 0 Å². The first kappa shape index (κ1) is 17.3. The Morgan fingerprint density at radius 2 is 1.71 bits per heavy atom. The molecule has 6 heteroatoms. The molecule has 2 aliphatic rings. The summed E-state index contributed by atoms with van der Waals surface area (Å²) in [7, 11) is 0. The van der Waals surface area contributed by atoms with Crippen LogP contribution in [0.1, 0.15) is 51.0 Å². The number of anilines is 1. The number of imidazole rings is 1. The molecule has 1 N–H and O–H groups in total. The highest BCUT2D eigenvalue weighted by atomic mass is 19.1. The third-order valence-electron chi connectivity index (χ3n) is 5.69. The number of hydrogen-bond donors (Lipinski definition) is 1. The van der Waals surface area contributed by atoms with Crippen molar-refractivity contribution < 1.29 is 4.39 Å². The molecular weight excluding hydrogens is 353 g/mol. The molecule has 2 aromatic heterocycles. The monoisotopic (exact) mass is 377 g/mol. The van der Waals surface area contributed by atoms with Crippen molar-refractivity contribution >= 4 is 5.95 Å². The Balaban J connectivity index is 1.60. The van der Waals surface area contributed by atoms with Crippen LogP contribution in [-0.4, -0.2) is 25.6 Å². The Bertz CT molecular complexity index is 955. The minimum atomic E-state index is -0.241. The quantitative estimate of drug-likeness (QED) is 0.662. The number of nitrogens with one attached hydrogen (secondary N) is 1. The Labute approximate surface area is 164 Å². The van der Waals surface area contributed by atoms with E-state index in [4.69, 9.17) is 9.97 Å². The summed E-state index contributed by atoms with van der Waals surface area (Å²) in [5.41, 5.74) is 3.61. The van der Waals surface area contributed by atoms with E-state index >= 15 is 0 Å². The van der Waals surface area contributed by atoms with Crippen LogP contribution in [0.2, 0.25) is 0 Å². The van der Waals surface area contributed by atoms with Gasteiger partial charge in [-0.15, -0.1) is 0 Å². The maximum absolute atomic E-state index is 13.4. The fourth-order valence-corrected chi connectivity index (χ4v) is 4.04. The summed E-state index contributed by atoms with van der Waals surface area (Å²) in [5.74, 6) is 0.427. The van der Waals surface area contributed by atoms with Crippen LogP contribution in [0.15, 0.2) is 42.9 Å². The molecule has 2 saturated carbocycles. The summed E-state index contributed by atoms with van der Waals surface area (Å²) < 4.78 is 15.7. The van der Waals surface area contributed by atoms with Gasteiger partial charge < -0.3 is 9.88 Å². The molecule has 1 aromatic carbocycles. The van der Waals surface area contributed by atoms with Crippen LogP contribution >= 0.6 is 0 Å². The number of halogens is 1. The molecule has 0 spiro atoms. The van der Waals surface area contributed by atoms with E-state index in [-0.39, 0.29) is 5.82 Å². The minimum absolute atomic E-state index is 0.241. The number of benzene rings is 1. The molecule has 0 unspecified atom stereocenters. The number of rotatable bonds is 5. The van der Waals surface area contributed by atoms with Crippen molar-refractivity contribution in [2.45, 2.75) is 57.0 Å². The van der Waals surface area contributed by atoms with Gasteiger partial charge in [0, 0.05) is 23.8 Å². The molecule has 28 heavy (non-hydrogen) atoms. The zero-order valence-corrected chi connectivity index (χ0v) is 15.8. The first-order valence-electron chi connectivity index (χ1n) is 10.2. The molecule has 0 amide bonds. The maximum Gasteiger partial charge on any atom is 0.223 e. The van der Waals surface area contributed by atoms with E-state index in [2.05, 4.69) is 14.9 Å². The Kier molecular flexibility index (Phi) is 4.55. The molecule has 2 fully saturated rings. The highest BCUT2D eigenvalue weighted by molar-refractivity contribution is 5.77. The molecule has 3 aromatic rings. The van der Waals surface area contributed by atoms with Crippen molar-refractivity contribution in [1.82, 2.24) is 19.5 Å². The second-order valence-corrected chi connectivity index (χ2v) is 7.83. The molecule has 5 nitrogen and oxygen atoms in total. The van der Waals surface area contributed by atoms with Gasteiger partial charge in [0.15, 0.2) is 0 Å². The molecule has 2 aliphatic carbocycles. The summed E-state index contributed by atoms with van der Waals surface area (Å²) in [6.45, 7) is 0. The molecule has 2 heterocycles. The molecule has 5 rings (SSSR count). The number of nitrogens with zero attached hydrogens (tertiary/aromatic N) is 4. The zero-order valence-electron chi connectivity index (χ0n) is 15.8. The summed E-state index contributed by atoms with van der Waals surface area (Å²) in [5, 5.41) is 3.38. The van der Waals surface area contributed by atoms with E-state index in [0.717, 1.165) is 35.5 Å². The van der Waals surface area contributed by atoms with E-state index in [1.807, 2.05) is 12.4 Å². The molecule has 0 atom stereocenters. The summed E-state index contributed by atoms with van der Waals surface area (Å²) >= 11 is 0. The van der Waals surface area contributed by atoms with Gasteiger partial charge in [-0.25, -0.2) is 19.3 Å². The van der Waals surface area contributed by atoms with Crippen molar-refractivity contribution in [3.05, 3.63) is 48.7 Å². The van der Waals surface area contributed by atoms with Crippen LogP contribution in [0.25, 0.3) is 22.6 Å². The molecule has 0 bridgehead atoms. The topological polar surface area (TPSA) is 55.6 Å². The van der Waals surface area contributed by atoms with Crippen molar-refractivity contribution in [2.75, 3.05) is 5.32 Å². The summed E-state index contributed by atoms with van der Waals surface area (Å²) in [6, 6.07) is 9.42. The van der Waals surface area contributed by atoms with Crippen LogP contribution in [0, 0.1) is 5.82 Å². The fraction of sp³-hybridized carbons (Fsp3) is 0.409. The second kappa shape index (κ2) is 7.34. The number of aromatic nitrogens is 4. The third kappa shape index (κ3) is 3.51. The van der Waals surface area contributed by atoms with Crippen molar-refractivity contribution in [1.29, 1.82) is 0 Å². The number of hydrogen-bond acceptors (Lipinski definition) is 4. The van der Waals surface area contributed by atoms with Crippen LogP contribution < -0.4 is 5.32 Å². The summed E-state index contributed by atoms with van der Waals surface area (Å²) in [4.78, 5) is 13.9. The highest BCUT2D eigenvalue weighted by Crippen LogP contribution is 2.37. The van der Waals surface area contributed by atoms with Gasteiger partial charge in [0.1, 0.15) is 5.82 Å². The lowest BCUT2D eigenvalue weighted by atomic mass is 9.95. The minimum Gasteiger partial charge on any atom is -0.351 e. The largest absolute Gasteiger partial charge is 0.351 e. The lowest BCUT2D eigenvalue weighted by Gasteiger charge is -2.25. The van der Waals surface area contributed by atoms with Crippen molar-refractivity contribution in [3.8, 4) is 22.6 Å². The SMILES string of the molecule is Fc1ccc(-c2ncn(C3CCCCC3)c2-c2ccnc(NC3CC3)n2)cc1. The fourth-order valence-electron chi connectivity index (χ4n) is 4.04. The van der Waals surface area contributed by atoms with Crippen molar-refractivity contribution in [3.63, 3.8) is 0 Å².